The molecule has 3 rings (SSSR count). The number of benzene rings is 2. The number of aryl methyl sites for hydroxylation is 2. The van der Waals surface area contributed by atoms with Crippen molar-refractivity contribution >= 4 is 16.9 Å². The van der Waals surface area contributed by atoms with Crippen molar-refractivity contribution in [2.45, 2.75) is 26.9 Å². The van der Waals surface area contributed by atoms with E-state index < -0.39 is 0 Å². The lowest BCUT2D eigenvalue weighted by Crippen LogP contribution is -2.25. The van der Waals surface area contributed by atoms with E-state index in [-0.39, 0.29) is 11.5 Å². The van der Waals surface area contributed by atoms with E-state index in [4.69, 9.17) is 9.47 Å². The van der Waals surface area contributed by atoms with Crippen molar-refractivity contribution in [1.29, 1.82) is 0 Å². The van der Waals surface area contributed by atoms with Crippen molar-refractivity contribution in [2.75, 3.05) is 14.2 Å². The molecule has 0 saturated carbocycles. The Kier molecular flexibility index (Phi) is 5.63. The van der Waals surface area contributed by atoms with Gasteiger partial charge in [0.25, 0.3) is 11.5 Å². The van der Waals surface area contributed by atoms with Crippen molar-refractivity contribution in [3.8, 4) is 11.5 Å². The van der Waals surface area contributed by atoms with Crippen LogP contribution in [0.3, 0.4) is 0 Å². The molecular formula is C21H23N3O4. The third-order valence-corrected chi connectivity index (χ3v) is 4.62. The average molecular weight is 381 g/mol. The smallest absolute Gasteiger partial charge is 0.272 e. The third-order valence-electron chi connectivity index (χ3n) is 4.62. The molecule has 146 valence electrons. The first-order valence-corrected chi connectivity index (χ1v) is 8.98. The van der Waals surface area contributed by atoms with Crippen molar-refractivity contribution < 1.29 is 14.3 Å². The molecule has 0 fully saturated rings. The van der Waals surface area contributed by atoms with Gasteiger partial charge in [0.15, 0.2) is 0 Å². The summed E-state index contributed by atoms with van der Waals surface area (Å²) >= 11 is 0. The summed E-state index contributed by atoms with van der Waals surface area (Å²) < 4.78 is 12.2. The molecule has 0 aliphatic rings. The predicted molar refractivity (Wildman–Crippen MR) is 107 cm³/mol. The zero-order chi connectivity index (χ0) is 20.3. The van der Waals surface area contributed by atoms with Gasteiger partial charge in [-0.05, 0) is 44.2 Å². The van der Waals surface area contributed by atoms with Gasteiger partial charge in [-0.1, -0.05) is 0 Å². The molecule has 1 N–H and O–H groups in total. The highest BCUT2D eigenvalue weighted by molar-refractivity contribution is 5.97. The molecule has 2 aromatic carbocycles. The SMILES string of the molecule is CCn1c(=O)c(C)nc2cc(C(=O)NCc3ccc(OC)cc3OC)ccc21. The fourth-order valence-corrected chi connectivity index (χ4v) is 3.11. The number of fused-ring (bicyclic) bond motifs is 1. The molecule has 0 saturated heterocycles. The minimum absolute atomic E-state index is 0.112. The summed E-state index contributed by atoms with van der Waals surface area (Å²) in [5.41, 5.74) is 2.95. The zero-order valence-corrected chi connectivity index (χ0v) is 16.4. The molecule has 28 heavy (non-hydrogen) atoms. The fraction of sp³-hybridized carbons (Fsp3) is 0.286. The maximum absolute atomic E-state index is 12.6. The van der Waals surface area contributed by atoms with Crippen molar-refractivity contribution in [3.05, 3.63) is 63.6 Å². The molecule has 0 aliphatic carbocycles. The summed E-state index contributed by atoms with van der Waals surface area (Å²) in [4.78, 5) is 29.2. The van der Waals surface area contributed by atoms with Crippen molar-refractivity contribution in [3.63, 3.8) is 0 Å². The van der Waals surface area contributed by atoms with Crippen molar-refractivity contribution in [1.82, 2.24) is 14.9 Å². The molecule has 1 heterocycles. The molecule has 0 unspecified atom stereocenters. The second kappa shape index (κ2) is 8.12. The van der Waals surface area contributed by atoms with Crippen LogP contribution in [0.25, 0.3) is 11.0 Å². The van der Waals surface area contributed by atoms with Crippen LogP contribution in [0.4, 0.5) is 0 Å². The van der Waals surface area contributed by atoms with E-state index in [1.807, 2.05) is 19.1 Å². The Balaban J connectivity index is 1.84. The fourth-order valence-electron chi connectivity index (χ4n) is 3.11. The number of carbonyl (C=O) groups is 1. The minimum atomic E-state index is -0.228. The van der Waals surface area contributed by atoms with Crippen LogP contribution < -0.4 is 20.3 Å². The molecule has 0 radical (unpaired) electrons. The van der Waals surface area contributed by atoms with Crippen LogP contribution in [0.2, 0.25) is 0 Å². The maximum atomic E-state index is 12.6. The molecule has 7 nitrogen and oxygen atoms in total. The number of ether oxygens (including phenoxy) is 2. The average Bonchev–Trinajstić information content (AvgIpc) is 2.72. The normalized spacial score (nSPS) is 10.7. The highest BCUT2D eigenvalue weighted by Gasteiger charge is 2.12. The number of aromatic nitrogens is 2. The number of amides is 1. The van der Waals surface area contributed by atoms with Gasteiger partial charge in [0.1, 0.15) is 17.2 Å². The van der Waals surface area contributed by atoms with Crippen LogP contribution in [0.1, 0.15) is 28.5 Å². The van der Waals surface area contributed by atoms with E-state index >= 15 is 0 Å². The van der Waals surface area contributed by atoms with Crippen LogP contribution in [0.5, 0.6) is 11.5 Å². The monoisotopic (exact) mass is 381 g/mol. The summed E-state index contributed by atoms with van der Waals surface area (Å²) in [7, 11) is 3.16. The number of carbonyl (C=O) groups excluding carboxylic acids is 1. The Bertz CT molecular complexity index is 1090. The molecule has 7 heteroatoms. The zero-order valence-electron chi connectivity index (χ0n) is 16.4. The summed E-state index contributed by atoms with van der Waals surface area (Å²) in [6, 6.07) is 10.6. The molecule has 3 aromatic rings. The topological polar surface area (TPSA) is 82.5 Å². The van der Waals surface area contributed by atoms with E-state index in [2.05, 4.69) is 10.3 Å². The molecule has 0 spiro atoms. The summed E-state index contributed by atoms with van der Waals surface area (Å²) in [5.74, 6) is 1.10. The van der Waals surface area contributed by atoms with Crippen molar-refractivity contribution in [2.24, 2.45) is 0 Å². The summed E-state index contributed by atoms with van der Waals surface area (Å²) in [6.07, 6.45) is 0. The lowest BCUT2D eigenvalue weighted by atomic mass is 10.1. The predicted octanol–water partition coefficient (Wildman–Crippen LogP) is 2.67. The van der Waals surface area contributed by atoms with Gasteiger partial charge in [-0.25, -0.2) is 4.98 Å². The molecular weight excluding hydrogens is 358 g/mol. The first-order valence-electron chi connectivity index (χ1n) is 8.98. The lowest BCUT2D eigenvalue weighted by molar-refractivity contribution is 0.0951. The van der Waals surface area contributed by atoms with E-state index in [1.165, 1.54) is 0 Å². The van der Waals surface area contributed by atoms with Gasteiger partial charge < -0.3 is 19.4 Å². The molecule has 0 bridgehead atoms. The Morgan fingerprint density at radius 3 is 2.61 bits per heavy atom. The first-order chi connectivity index (χ1) is 13.5. The van der Waals surface area contributed by atoms with Crippen LogP contribution in [-0.4, -0.2) is 29.7 Å². The Hall–Kier alpha value is -3.35. The summed E-state index contributed by atoms with van der Waals surface area (Å²) in [5, 5.41) is 2.89. The molecule has 1 amide bonds. The van der Waals surface area contributed by atoms with E-state index in [9.17, 15) is 9.59 Å². The number of hydrogen-bond acceptors (Lipinski definition) is 5. The molecule has 0 atom stereocenters. The minimum Gasteiger partial charge on any atom is -0.497 e. The molecule has 0 aliphatic heterocycles. The largest absolute Gasteiger partial charge is 0.497 e. The number of hydrogen-bond donors (Lipinski definition) is 1. The number of nitrogens with one attached hydrogen (secondary N) is 1. The first kappa shape index (κ1) is 19.4. The standard InChI is InChI=1S/C21H23N3O4/c1-5-24-18-9-7-14(10-17(18)23-13(2)21(24)26)20(25)22-12-15-6-8-16(27-3)11-19(15)28-4/h6-11H,5,12H2,1-4H3,(H,22,25). The van der Waals surface area contributed by atoms with Crippen LogP contribution in [-0.2, 0) is 13.1 Å². The number of methoxy groups -OCH3 is 2. The molecule has 1 aromatic heterocycles. The second-order valence-corrected chi connectivity index (χ2v) is 6.31. The van der Waals surface area contributed by atoms with Gasteiger partial charge in [-0.15, -0.1) is 0 Å². The Labute approximate surface area is 162 Å². The maximum Gasteiger partial charge on any atom is 0.272 e. The van der Waals surface area contributed by atoms with Gasteiger partial charge in [-0.2, -0.15) is 0 Å². The highest BCUT2D eigenvalue weighted by atomic mass is 16.5. The second-order valence-electron chi connectivity index (χ2n) is 6.31. The van der Waals surface area contributed by atoms with E-state index in [0.717, 1.165) is 5.56 Å². The Morgan fingerprint density at radius 2 is 1.93 bits per heavy atom. The van der Waals surface area contributed by atoms with Crippen LogP contribution in [0.15, 0.2) is 41.2 Å². The van der Waals surface area contributed by atoms with Gasteiger partial charge in [0.05, 0.1) is 25.3 Å². The summed E-state index contributed by atoms with van der Waals surface area (Å²) in [6.45, 7) is 4.44. The Morgan fingerprint density at radius 1 is 1.14 bits per heavy atom. The van der Waals surface area contributed by atoms with Gasteiger partial charge in [0, 0.05) is 30.3 Å². The van der Waals surface area contributed by atoms with Gasteiger partial charge in [0.2, 0.25) is 0 Å². The quantitative estimate of drug-likeness (QED) is 0.710. The number of rotatable bonds is 6. The third kappa shape index (κ3) is 3.69. The van der Waals surface area contributed by atoms with Crippen LogP contribution in [0, 0.1) is 6.92 Å². The highest BCUT2D eigenvalue weighted by Crippen LogP contribution is 2.24. The van der Waals surface area contributed by atoms with E-state index in [0.29, 0.717) is 46.9 Å². The number of nitrogens with zero attached hydrogens (tertiary/aromatic N) is 2. The lowest BCUT2D eigenvalue weighted by Gasteiger charge is -2.12. The van der Waals surface area contributed by atoms with E-state index in [1.54, 1.807) is 50.0 Å². The van der Waals surface area contributed by atoms with Crippen LogP contribution >= 0.6 is 0 Å². The van der Waals surface area contributed by atoms with Gasteiger partial charge in [-0.3, -0.25) is 9.59 Å². The van der Waals surface area contributed by atoms with Gasteiger partial charge >= 0.3 is 0 Å².